The van der Waals surface area contributed by atoms with E-state index in [0.29, 0.717) is 46.6 Å². The minimum Gasteiger partial charge on any atom is -0.338 e. The van der Waals surface area contributed by atoms with Gasteiger partial charge in [-0.05, 0) is 44.5 Å². The molecule has 2 aromatic carbocycles. The number of carbonyl (C=O) groups excluding carboxylic acids is 1. The summed E-state index contributed by atoms with van der Waals surface area (Å²) in [4.78, 5) is 30.1. The Morgan fingerprint density at radius 1 is 1.31 bits per heavy atom. The summed E-state index contributed by atoms with van der Waals surface area (Å²) in [5, 5.41) is 18.6. The first-order valence-corrected chi connectivity index (χ1v) is 10.6. The smallest absolute Gasteiger partial charge is 0.274 e. The second-order valence-electron chi connectivity index (χ2n) is 7.76. The second-order valence-corrected chi connectivity index (χ2v) is 8.17. The lowest BCUT2D eigenvalue weighted by Crippen LogP contribution is -2.40. The molecule has 1 amide bonds. The zero-order chi connectivity index (χ0) is 22.7. The monoisotopic (exact) mass is 455 g/mol. The predicted octanol–water partition coefficient (Wildman–Crippen LogP) is 4.46. The van der Waals surface area contributed by atoms with Gasteiger partial charge in [-0.15, -0.1) is 0 Å². The molecule has 0 saturated carbocycles. The number of carbonyl (C=O) groups is 1. The number of nitrogens with zero attached hydrogens (tertiary/aromatic N) is 4. The third kappa shape index (κ3) is 4.79. The fraction of sp³-hybridized carbons (Fsp3) is 0.318. The number of aromatic nitrogens is 2. The molecular weight excluding hydrogens is 434 g/mol. The maximum absolute atomic E-state index is 12.9. The average molecular weight is 456 g/mol. The first-order chi connectivity index (χ1) is 15.4. The van der Waals surface area contributed by atoms with Crippen molar-refractivity contribution in [2.24, 2.45) is 5.92 Å². The molecule has 10 heteroatoms. The Labute approximate surface area is 189 Å². The van der Waals surface area contributed by atoms with Crippen molar-refractivity contribution in [2.75, 3.05) is 18.4 Å². The number of nitrogens with one attached hydrogen (secondary N) is 1. The minimum atomic E-state index is -0.450. The molecule has 1 unspecified atom stereocenters. The van der Waals surface area contributed by atoms with Gasteiger partial charge < -0.3 is 9.84 Å². The zero-order valence-corrected chi connectivity index (χ0v) is 18.2. The van der Waals surface area contributed by atoms with Crippen LogP contribution >= 0.6 is 11.6 Å². The normalized spacial score (nSPS) is 16.6. The van der Waals surface area contributed by atoms with E-state index in [4.69, 9.17) is 16.1 Å². The molecule has 1 saturated heterocycles. The van der Waals surface area contributed by atoms with Crippen molar-refractivity contribution in [3.05, 3.63) is 69.1 Å². The largest absolute Gasteiger partial charge is 0.338 e. The van der Waals surface area contributed by atoms with Gasteiger partial charge in [0.05, 0.1) is 33.7 Å². The van der Waals surface area contributed by atoms with E-state index in [9.17, 15) is 14.9 Å². The molecule has 0 aliphatic carbocycles. The molecule has 1 aliphatic heterocycles. The summed E-state index contributed by atoms with van der Waals surface area (Å²) in [5.74, 6) is 0.488. The Kier molecular flexibility index (Phi) is 6.48. The molecule has 0 radical (unpaired) electrons. The van der Waals surface area contributed by atoms with Crippen LogP contribution in [0.25, 0.3) is 11.4 Å². The molecule has 0 bridgehead atoms. The number of hydrogen-bond donors (Lipinski definition) is 1. The molecule has 1 fully saturated rings. The Morgan fingerprint density at radius 2 is 2.12 bits per heavy atom. The molecular formula is C22H22ClN5O4. The highest BCUT2D eigenvalue weighted by Crippen LogP contribution is 2.28. The number of halogens is 1. The fourth-order valence-corrected chi connectivity index (χ4v) is 4.09. The van der Waals surface area contributed by atoms with Gasteiger partial charge in [0.25, 0.3) is 5.69 Å². The molecule has 2 heterocycles. The lowest BCUT2D eigenvalue weighted by atomic mass is 9.97. The first-order valence-electron chi connectivity index (χ1n) is 10.3. The van der Waals surface area contributed by atoms with Gasteiger partial charge >= 0.3 is 0 Å². The fourth-order valence-electron chi connectivity index (χ4n) is 3.87. The molecule has 32 heavy (non-hydrogen) atoms. The quantitative estimate of drug-likeness (QED) is 0.431. The van der Waals surface area contributed by atoms with Crippen LogP contribution in [-0.4, -0.2) is 39.0 Å². The van der Waals surface area contributed by atoms with E-state index in [0.717, 1.165) is 19.4 Å². The highest BCUT2D eigenvalue weighted by molar-refractivity contribution is 6.33. The second kappa shape index (κ2) is 9.46. The Bertz CT molecular complexity index is 1150. The van der Waals surface area contributed by atoms with Gasteiger partial charge in [-0.1, -0.05) is 35.0 Å². The van der Waals surface area contributed by atoms with Gasteiger partial charge in [0.2, 0.25) is 17.6 Å². The number of nitro benzene ring substituents is 1. The lowest BCUT2D eigenvalue weighted by molar-refractivity contribution is -0.385. The minimum absolute atomic E-state index is 0.0150. The highest BCUT2D eigenvalue weighted by Gasteiger charge is 2.28. The van der Waals surface area contributed by atoms with E-state index in [1.165, 1.54) is 6.07 Å². The molecule has 1 atom stereocenters. The van der Waals surface area contributed by atoms with E-state index in [1.54, 1.807) is 25.1 Å². The van der Waals surface area contributed by atoms with Gasteiger partial charge in [0, 0.05) is 18.2 Å². The number of hydrogen-bond acceptors (Lipinski definition) is 7. The van der Waals surface area contributed by atoms with Crippen molar-refractivity contribution in [3.8, 4) is 11.4 Å². The van der Waals surface area contributed by atoms with Crippen molar-refractivity contribution in [1.29, 1.82) is 0 Å². The van der Waals surface area contributed by atoms with E-state index < -0.39 is 4.92 Å². The maximum atomic E-state index is 12.9. The van der Waals surface area contributed by atoms with Gasteiger partial charge in [-0.25, -0.2) is 0 Å². The van der Waals surface area contributed by atoms with Crippen LogP contribution in [0.1, 0.15) is 24.3 Å². The van der Waals surface area contributed by atoms with Crippen LogP contribution in [-0.2, 0) is 11.3 Å². The third-order valence-corrected chi connectivity index (χ3v) is 5.91. The molecule has 3 aromatic rings. The summed E-state index contributed by atoms with van der Waals surface area (Å²) < 4.78 is 5.39. The summed E-state index contributed by atoms with van der Waals surface area (Å²) in [7, 11) is 0. The first kappa shape index (κ1) is 21.9. The summed E-state index contributed by atoms with van der Waals surface area (Å²) in [6, 6.07) is 12.0. The molecule has 166 valence electrons. The standard InChI is InChI=1S/C22H22ClN5O4/c1-14-18(9-4-10-19(14)28(30)31)24-22(29)15-6-5-11-27(12-15)13-20-25-21(26-32-20)16-7-2-3-8-17(16)23/h2-4,7-10,15H,5-6,11-13H2,1H3,(H,24,29). The van der Waals surface area contributed by atoms with Crippen LogP contribution in [0.3, 0.4) is 0 Å². The molecule has 1 aromatic heterocycles. The van der Waals surface area contributed by atoms with Crippen LogP contribution in [0, 0.1) is 23.0 Å². The predicted molar refractivity (Wildman–Crippen MR) is 119 cm³/mol. The molecule has 9 nitrogen and oxygen atoms in total. The number of nitro groups is 1. The van der Waals surface area contributed by atoms with Gasteiger partial charge in [-0.2, -0.15) is 4.98 Å². The van der Waals surface area contributed by atoms with E-state index >= 15 is 0 Å². The van der Waals surface area contributed by atoms with Crippen LogP contribution in [0.5, 0.6) is 0 Å². The highest BCUT2D eigenvalue weighted by atomic mass is 35.5. The summed E-state index contributed by atoms with van der Waals surface area (Å²) >= 11 is 6.20. The molecule has 1 aliphatic rings. The number of rotatable bonds is 6. The van der Waals surface area contributed by atoms with Crippen molar-refractivity contribution in [3.63, 3.8) is 0 Å². The Morgan fingerprint density at radius 3 is 2.91 bits per heavy atom. The van der Waals surface area contributed by atoms with Gasteiger partial charge in [-0.3, -0.25) is 19.8 Å². The van der Waals surface area contributed by atoms with Crippen molar-refractivity contribution in [2.45, 2.75) is 26.3 Å². The van der Waals surface area contributed by atoms with Crippen molar-refractivity contribution >= 4 is 28.9 Å². The summed E-state index contributed by atoms with van der Waals surface area (Å²) in [6.45, 7) is 3.40. The summed E-state index contributed by atoms with van der Waals surface area (Å²) in [6.07, 6.45) is 1.59. The average Bonchev–Trinajstić information content (AvgIpc) is 3.23. The Hall–Kier alpha value is -3.30. The number of anilines is 1. The van der Waals surface area contributed by atoms with Gasteiger partial charge in [0.1, 0.15) is 0 Å². The Balaban J connectivity index is 1.40. The lowest BCUT2D eigenvalue weighted by Gasteiger charge is -2.31. The molecule has 1 N–H and O–H groups in total. The van der Waals surface area contributed by atoms with Crippen molar-refractivity contribution in [1.82, 2.24) is 15.0 Å². The van der Waals surface area contributed by atoms with Crippen LogP contribution in [0.2, 0.25) is 5.02 Å². The third-order valence-electron chi connectivity index (χ3n) is 5.58. The SMILES string of the molecule is Cc1c(NC(=O)C2CCCN(Cc3nc(-c4ccccc4Cl)no3)C2)cccc1[N+](=O)[O-]. The number of benzene rings is 2. The van der Waals surface area contributed by atoms with E-state index in [2.05, 4.69) is 20.4 Å². The van der Waals surface area contributed by atoms with E-state index in [1.807, 2.05) is 18.2 Å². The van der Waals surface area contributed by atoms with Crippen LogP contribution in [0.15, 0.2) is 47.0 Å². The zero-order valence-electron chi connectivity index (χ0n) is 17.5. The van der Waals surface area contributed by atoms with Gasteiger partial charge in [0.15, 0.2) is 0 Å². The maximum Gasteiger partial charge on any atom is 0.274 e. The molecule has 0 spiro atoms. The number of likely N-dealkylation sites (tertiary alicyclic amines) is 1. The topological polar surface area (TPSA) is 114 Å². The van der Waals surface area contributed by atoms with Crippen LogP contribution < -0.4 is 5.32 Å². The van der Waals surface area contributed by atoms with Crippen molar-refractivity contribution < 1.29 is 14.2 Å². The number of piperidine rings is 1. The number of amides is 1. The van der Waals surface area contributed by atoms with Crippen LogP contribution in [0.4, 0.5) is 11.4 Å². The molecule has 4 rings (SSSR count). The van der Waals surface area contributed by atoms with E-state index in [-0.39, 0.29) is 17.5 Å². The summed E-state index contributed by atoms with van der Waals surface area (Å²) in [5.41, 5.74) is 1.59.